The van der Waals surface area contributed by atoms with E-state index < -0.39 is 0 Å². The second-order valence-electron chi connectivity index (χ2n) is 2.70. The molecule has 1 aliphatic carbocycles. The molecule has 0 aliphatic heterocycles. The Kier molecular flexibility index (Phi) is 1.87. The average Bonchev–Trinajstić information content (AvgIpc) is 2.28. The van der Waals surface area contributed by atoms with Gasteiger partial charge in [0.2, 0.25) is 0 Å². The van der Waals surface area contributed by atoms with Crippen molar-refractivity contribution in [1.82, 2.24) is 9.19 Å². The van der Waals surface area contributed by atoms with Gasteiger partial charge in [0.1, 0.15) is 0 Å². The molecular weight excluding hydrogens is 191 g/mol. The molecule has 0 aromatic carbocycles. The second-order valence-corrected chi connectivity index (χ2v) is 4.46. The first-order valence-electron chi connectivity index (χ1n) is 3.77. The predicted molar refractivity (Wildman–Crippen MR) is 40.2 cm³/mol. The molecule has 0 spiro atoms. The summed E-state index contributed by atoms with van der Waals surface area (Å²) in [6, 6.07) is 0. The zero-order valence-electron chi connectivity index (χ0n) is 5.84. The quantitative estimate of drug-likeness (QED) is 0.458. The summed E-state index contributed by atoms with van der Waals surface area (Å²) >= 11 is 0.389. The number of fused-ring (bicyclic) bond motifs is 1. The molecule has 10 heavy (non-hydrogen) atoms. The molecule has 0 fully saturated rings. The number of hydrogen-bond acceptors (Lipinski definition) is 2. The standard InChI is InChI=1S/C7H10N2Se/c1-2-4-6-7(5-3-1)10-9-8-6/h1-5H2. The molecule has 2 nitrogen and oxygen atoms in total. The Morgan fingerprint density at radius 3 is 3.00 bits per heavy atom. The molecule has 2 rings (SSSR count). The van der Waals surface area contributed by atoms with Crippen LogP contribution in [0.3, 0.4) is 0 Å². The van der Waals surface area contributed by atoms with Gasteiger partial charge < -0.3 is 0 Å². The molecule has 0 amide bonds. The molecular formula is C7H10N2Se. The molecule has 0 N–H and O–H groups in total. The second kappa shape index (κ2) is 2.85. The van der Waals surface area contributed by atoms with Crippen molar-refractivity contribution in [3.63, 3.8) is 0 Å². The van der Waals surface area contributed by atoms with E-state index >= 15 is 0 Å². The van der Waals surface area contributed by atoms with Gasteiger partial charge in [0, 0.05) is 0 Å². The Morgan fingerprint density at radius 1 is 1.10 bits per heavy atom. The fourth-order valence-corrected chi connectivity index (χ4v) is 2.88. The first-order valence-corrected chi connectivity index (χ1v) is 5.39. The van der Waals surface area contributed by atoms with Crippen LogP contribution in [0.5, 0.6) is 0 Å². The van der Waals surface area contributed by atoms with E-state index in [4.69, 9.17) is 0 Å². The van der Waals surface area contributed by atoms with Gasteiger partial charge in [-0.15, -0.1) is 0 Å². The van der Waals surface area contributed by atoms with Crippen molar-refractivity contribution >= 4 is 14.7 Å². The number of aromatic nitrogens is 2. The van der Waals surface area contributed by atoms with E-state index in [0.717, 1.165) is 0 Å². The summed E-state index contributed by atoms with van der Waals surface area (Å²) in [6.07, 6.45) is 6.56. The molecule has 0 saturated heterocycles. The number of nitrogens with zero attached hydrogens (tertiary/aromatic N) is 2. The molecule has 0 bridgehead atoms. The number of rotatable bonds is 0. The van der Waals surface area contributed by atoms with Crippen LogP contribution < -0.4 is 0 Å². The maximum atomic E-state index is 4.15. The summed E-state index contributed by atoms with van der Waals surface area (Å²) in [4.78, 5) is 0. The number of aryl methyl sites for hydroxylation is 2. The van der Waals surface area contributed by atoms with Crippen molar-refractivity contribution in [2.24, 2.45) is 0 Å². The molecule has 0 radical (unpaired) electrons. The van der Waals surface area contributed by atoms with Gasteiger partial charge in [-0.2, -0.15) is 0 Å². The van der Waals surface area contributed by atoms with E-state index in [1.54, 1.807) is 4.44 Å². The van der Waals surface area contributed by atoms with E-state index in [0.29, 0.717) is 14.7 Å². The van der Waals surface area contributed by atoms with Crippen molar-refractivity contribution < 1.29 is 0 Å². The van der Waals surface area contributed by atoms with Gasteiger partial charge in [0.15, 0.2) is 0 Å². The molecule has 3 heteroatoms. The summed E-state index contributed by atoms with van der Waals surface area (Å²) in [6.45, 7) is 0. The van der Waals surface area contributed by atoms with Crippen LogP contribution >= 0.6 is 0 Å². The minimum atomic E-state index is 0.389. The third kappa shape index (κ3) is 1.16. The van der Waals surface area contributed by atoms with Crippen molar-refractivity contribution in [1.29, 1.82) is 0 Å². The average molecular weight is 201 g/mol. The monoisotopic (exact) mass is 202 g/mol. The zero-order valence-corrected chi connectivity index (χ0v) is 7.55. The third-order valence-corrected chi connectivity index (χ3v) is 3.68. The summed E-state index contributed by atoms with van der Waals surface area (Å²) in [5.41, 5.74) is 1.33. The Hall–Kier alpha value is -0.141. The zero-order chi connectivity index (χ0) is 6.81. The van der Waals surface area contributed by atoms with Crippen LogP contribution in [-0.2, 0) is 12.8 Å². The van der Waals surface area contributed by atoms with Gasteiger partial charge in [-0.1, -0.05) is 0 Å². The minimum absolute atomic E-state index is 0.389. The van der Waals surface area contributed by atoms with Crippen molar-refractivity contribution in [3.8, 4) is 0 Å². The Morgan fingerprint density at radius 2 is 2.00 bits per heavy atom. The van der Waals surface area contributed by atoms with E-state index in [-0.39, 0.29) is 0 Å². The van der Waals surface area contributed by atoms with Crippen LogP contribution in [0.25, 0.3) is 0 Å². The molecule has 0 atom stereocenters. The van der Waals surface area contributed by atoms with E-state index in [2.05, 4.69) is 9.19 Å². The van der Waals surface area contributed by atoms with Crippen molar-refractivity contribution in [2.45, 2.75) is 32.1 Å². The molecule has 54 valence electrons. The molecule has 1 aromatic rings. The summed E-state index contributed by atoms with van der Waals surface area (Å²) in [5, 5.41) is 4.15. The maximum absolute atomic E-state index is 4.15. The van der Waals surface area contributed by atoms with Crippen LogP contribution in [0, 0.1) is 0 Å². The Bertz CT molecular complexity index is 199. The van der Waals surface area contributed by atoms with E-state index in [1.165, 1.54) is 37.8 Å². The fourth-order valence-electron chi connectivity index (χ4n) is 1.36. The normalized spacial score (nSPS) is 18.0. The van der Waals surface area contributed by atoms with Gasteiger partial charge >= 0.3 is 66.2 Å². The Labute approximate surface area is 66.6 Å². The van der Waals surface area contributed by atoms with Gasteiger partial charge in [-0.3, -0.25) is 0 Å². The predicted octanol–water partition coefficient (Wildman–Crippen LogP) is 0.802. The number of hydrogen-bond donors (Lipinski definition) is 0. The third-order valence-electron chi connectivity index (χ3n) is 1.95. The molecule has 1 heterocycles. The first-order chi connectivity index (χ1) is 4.97. The van der Waals surface area contributed by atoms with E-state index in [9.17, 15) is 0 Å². The summed E-state index contributed by atoms with van der Waals surface area (Å²) in [5.74, 6) is 0. The van der Waals surface area contributed by atoms with Gasteiger partial charge in [0.05, 0.1) is 0 Å². The van der Waals surface area contributed by atoms with E-state index in [1.807, 2.05) is 0 Å². The van der Waals surface area contributed by atoms with Crippen LogP contribution in [0.4, 0.5) is 0 Å². The summed E-state index contributed by atoms with van der Waals surface area (Å²) < 4.78 is 5.66. The van der Waals surface area contributed by atoms with Crippen molar-refractivity contribution in [3.05, 3.63) is 10.1 Å². The van der Waals surface area contributed by atoms with Gasteiger partial charge in [-0.05, 0) is 0 Å². The van der Waals surface area contributed by atoms with Crippen LogP contribution in [-0.4, -0.2) is 23.9 Å². The molecule has 1 aromatic heterocycles. The topological polar surface area (TPSA) is 25.8 Å². The first kappa shape index (κ1) is 6.56. The van der Waals surface area contributed by atoms with Gasteiger partial charge in [0.25, 0.3) is 0 Å². The molecule has 0 unspecified atom stereocenters. The van der Waals surface area contributed by atoms with Crippen LogP contribution in [0.15, 0.2) is 0 Å². The van der Waals surface area contributed by atoms with Gasteiger partial charge in [-0.25, -0.2) is 0 Å². The summed E-state index contributed by atoms with van der Waals surface area (Å²) in [7, 11) is 0. The van der Waals surface area contributed by atoms with Crippen LogP contribution in [0.2, 0.25) is 0 Å². The molecule has 1 aliphatic rings. The fraction of sp³-hybridized carbons (Fsp3) is 0.714. The Balaban J connectivity index is 2.28. The SMILES string of the molecule is C1CCc2nn[se]c2CC1. The van der Waals surface area contributed by atoms with Crippen molar-refractivity contribution in [2.75, 3.05) is 0 Å². The molecule has 0 saturated carbocycles. The van der Waals surface area contributed by atoms with Crippen LogP contribution in [0.1, 0.15) is 29.4 Å².